The van der Waals surface area contributed by atoms with Gasteiger partial charge < -0.3 is 4.74 Å². The topological polar surface area (TPSA) is 80.8 Å². The number of para-hydroxylation sites is 1. The van der Waals surface area contributed by atoms with E-state index >= 15 is 0 Å². The Morgan fingerprint density at radius 1 is 0.794 bits per heavy atom. The van der Waals surface area contributed by atoms with E-state index in [0.29, 0.717) is 15.7 Å². The predicted octanol–water partition coefficient (Wildman–Crippen LogP) is 4.45. The van der Waals surface area contributed by atoms with Crippen molar-refractivity contribution in [2.24, 2.45) is 11.8 Å². The molecule has 3 aromatic carbocycles. The van der Waals surface area contributed by atoms with Crippen LogP contribution in [0.3, 0.4) is 0 Å². The van der Waals surface area contributed by atoms with Crippen molar-refractivity contribution >= 4 is 45.0 Å². The zero-order valence-corrected chi connectivity index (χ0v) is 19.6. The SMILES string of the molecule is Cc1ccccc1[C@@H]1OC2(C(=O)c3ccccc3C2=O)[C@H]2C(=O)N(c3ccccc3Br)C(=O)[C@H]12. The maximum absolute atomic E-state index is 13.9. The molecule has 2 heterocycles. The van der Waals surface area contributed by atoms with Crippen molar-refractivity contribution in [3.63, 3.8) is 0 Å². The fourth-order valence-corrected chi connectivity index (χ4v) is 6.04. The standard InChI is InChI=1S/C27H18BrNO5/c1-14-8-2-3-9-15(14)22-20-21(26(33)29(25(20)32)19-13-7-6-12-18(19)28)27(34-22)23(30)16-10-4-5-11-17(16)24(27)31/h2-13,20-22H,1H3/t20-,21+,22-/m0/s1. The van der Waals surface area contributed by atoms with E-state index in [9.17, 15) is 19.2 Å². The van der Waals surface area contributed by atoms with Crippen LogP contribution < -0.4 is 4.90 Å². The van der Waals surface area contributed by atoms with E-state index in [1.165, 1.54) is 0 Å². The Morgan fingerprint density at radius 3 is 2.03 bits per heavy atom. The van der Waals surface area contributed by atoms with E-state index in [0.717, 1.165) is 10.5 Å². The van der Waals surface area contributed by atoms with E-state index in [1.54, 1.807) is 48.5 Å². The zero-order chi connectivity index (χ0) is 23.8. The molecule has 0 saturated carbocycles. The molecule has 2 fully saturated rings. The molecule has 6 rings (SSSR count). The Bertz CT molecular complexity index is 1390. The fraction of sp³-hybridized carbons (Fsp3) is 0.185. The number of ether oxygens (including phenoxy) is 1. The second kappa shape index (κ2) is 7.29. The van der Waals surface area contributed by atoms with Crippen LogP contribution in [-0.2, 0) is 14.3 Å². The number of benzene rings is 3. The van der Waals surface area contributed by atoms with Crippen LogP contribution in [-0.4, -0.2) is 29.0 Å². The first-order chi connectivity index (χ1) is 16.4. The Balaban J connectivity index is 1.58. The Kier molecular flexibility index (Phi) is 4.53. The molecule has 2 saturated heterocycles. The molecule has 0 bridgehead atoms. The third-order valence-electron chi connectivity index (χ3n) is 7.11. The second-order valence-electron chi connectivity index (χ2n) is 8.80. The van der Waals surface area contributed by atoms with Gasteiger partial charge in [0.1, 0.15) is 0 Å². The van der Waals surface area contributed by atoms with Gasteiger partial charge in [0.2, 0.25) is 29.0 Å². The average molecular weight is 516 g/mol. The third kappa shape index (κ3) is 2.54. The van der Waals surface area contributed by atoms with Crippen LogP contribution in [0.2, 0.25) is 0 Å². The van der Waals surface area contributed by atoms with Gasteiger partial charge in [-0.15, -0.1) is 0 Å². The molecule has 3 aliphatic rings. The van der Waals surface area contributed by atoms with E-state index in [4.69, 9.17) is 4.74 Å². The molecule has 34 heavy (non-hydrogen) atoms. The number of carbonyl (C=O) groups excluding carboxylic acids is 4. The second-order valence-corrected chi connectivity index (χ2v) is 9.66. The first-order valence-electron chi connectivity index (χ1n) is 10.9. The minimum atomic E-state index is -2.07. The molecule has 2 aliphatic heterocycles. The zero-order valence-electron chi connectivity index (χ0n) is 18.0. The van der Waals surface area contributed by atoms with Gasteiger partial charge in [0, 0.05) is 15.6 Å². The summed E-state index contributed by atoms with van der Waals surface area (Å²) in [5.74, 6) is -4.48. The normalized spacial score (nSPS) is 24.8. The number of ketones is 2. The summed E-state index contributed by atoms with van der Waals surface area (Å²) in [6.07, 6.45) is -0.919. The van der Waals surface area contributed by atoms with Gasteiger partial charge in [0.15, 0.2) is 0 Å². The third-order valence-corrected chi connectivity index (χ3v) is 7.78. The highest BCUT2D eigenvalue weighted by Gasteiger charge is 2.74. The molecule has 0 radical (unpaired) electrons. The number of imide groups is 1. The number of hydrogen-bond acceptors (Lipinski definition) is 5. The minimum Gasteiger partial charge on any atom is -0.349 e. The van der Waals surface area contributed by atoms with Gasteiger partial charge in [0.25, 0.3) is 0 Å². The van der Waals surface area contributed by atoms with Gasteiger partial charge in [-0.1, -0.05) is 60.7 Å². The predicted molar refractivity (Wildman–Crippen MR) is 126 cm³/mol. The van der Waals surface area contributed by atoms with Crippen LogP contribution in [0.15, 0.2) is 77.3 Å². The number of hydrogen-bond donors (Lipinski definition) is 0. The first-order valence-corrected chi connectivity index (χ1v) is 11.7. The van der Waals surface area contributed by atoms with Gasteiger partial charge in [-0.05, 0) is 46.1 Å². The Labute approximate surface area is 203 Å². The number of nitrogens with zero attached hydrogens (tertiary/aromatic N) is 1. The summed E-state index contributed by atoms with van der Waals surface area (Å²) in [4.78, 5) is 56.4. The molecule has 3 aromatic rings. The minimum absolute atomic E-state index is 0.219. The van der Waals surface area contributed by atoms with Gasteiger partial charge in [-0.2, -0.15) is 0 Å². The number of Topliss-reactive ketones (excluding diaryl/α,β-unsaturated/α-hetero) is 2. The van der Waals surface area contributed by atoms with Crippen molar-refractivity contribution in [2.45, 2.75) is 18.6 Å². The number of aryl methyl sites for hydroxylation is 1. The van der Waals surface area contributed by atoms with Crippen LogP contribution in [0.4, 0.5) is 5.69 Å². The van der Waals surface area contributed by atoms with Gasteiger partial charge in [-0.25, -0.2) is 4.90 Å². The molecule has 168 valence electrons. The summed E-state index contributed by atoms with van der Waals surface area (Å²) in [6.45, 7) is 1.87. The molecule has 1 spiro atoms. The van der Waals surface area contributed by atoms with E-state index in [2.05, 4.69) is 15.9 Å². The molecule has 3 atom stereocenters. The lowest BCUT2D eigenvalue weighted by molar-refractivity contribution is -0.127. The lowest BCUT2D eigenvalue weighted by Gasteiger charge is -2.28. The largest absolute Gasteiger partial charge is 0.349 e. The van der Waals surface area contributed by atoms with Crippen molar-refractivity contribution in [1.82, 2.24) is 0 Å². The van der Waals surface area contributed by atoms with E-state index in [1.807, 2.05) is 31.2 Å². The maximum Gasteiger partial charge on any atom is 0.241 e. The fourth-order valence-electron chi connectivity index (χ4n) is 5.58. The summed E-state index contributed by atoms with van der Waals surface area (Å²) >= 11 is 3.42. The highest BCUT2D eigenvalue weighted by molar-refractivity contribution is 9.10. The van der Waals surface area contributed by atoms with E-state index in [-0.39, 0.29) is 11.1 Å². The van der Waals surface area contributed by atoms with Crippen LogP contribution in [0.1, 0.15) is 37.9 Å². The molecule has 6 nitrogen and oxygen atoms in total. The number of halogens is 1. The average Bonchev–Trinajstić information content (AvgIpc) is 3.40. The molecule has 0 aromatic heterocycles. The van der Waals surface area contributed by atoms with Crippen molar-refractivity contribution in [3.8, 4) is 0 Å². The van der Waals surface area contributed by atoms with Crippen molar-refractivity contribution in [2.75, 3.05) is 4.90 Å². The molecular weight excluding hydrogens is 498 g/mol. The smallest absolute Gasteiger partial charge is 0.241 e. The lowest BCUT2D eigenvalue weighted by Crippen LogP contribution is -2.51. The summed E-state index contributed by atoms with van der Waals surface area (Å²) in [5, 5.41) is 0. The maximum atomic E-state index is 13.9. The lowest BCUT2D eigenvalue weighted by atomic mass is 9.77. The molecular formula is C27H18BrNO5. The highest BCUT2D eigenvalue weighted by Crippen LogP contribution is 2.58. The molecule has 0 N–H and O–H groups in total. The van der Waals surface area contributed by atoms with Crippen molar-refractivity contribution < 1.29 is 23.9 Å². The summed E-state index contributed by atoms with van der Waals surface area (Å²) in [5.41, 5.74) is 0.275. The monoisotopic (exact) mass is 515 g/mol. The van der Waals surface area contributed by atoms with Crippen LogP contribution in [0.25, 0.3) is 0 Å². The summed E-state index contributed by atoms with van der Waals surface area (Å²) in [6, 6.07) is 20.7. The van der Waals surface area contributed by atoms with Crippen molar-refractivity contribution in [1.29, 1.82) is 0 Å². The molecule has 7 heteroatoms. The Hall–Kier alpha value is -3.42. The van der Waals surface area contributed by atoms with Crippen molar-refractivity contribution in [3.05, 3.63) is 99.5 Å². The number of rotatable bonds is 2. The van der Waals surface area contributed by atoms with E-state index < -0.39 is 46.9 Å². The number of anilines is 1. The summed E-state index contributed by atoms with van der Waals surface area (Å²) in [7, 11) is 0. The summed E-state index contributed by atoms with van der Waals surface area (Å²) < 4.78 is 6.89. The van der Waals surface area contributed by atoms with Crippen LogP contribution in [0, 0.1) is 18.8 Å². The van der Waals surface area contributed by atoms with Gasteiger partial charge in [-0.3, -0.25) is 19.2 Å². The van der Waals surface area contributed by atoms with Gasteiger partial charge >= 0.3 is 0 Å². The molecule has 2 amide bonds. The Morgan fingerprint density at radius 2 is 1.38 bits per heavy atom. The first kappa shape index (κ1) is 21.1. The highest BCUT2D eigenvalue weighted by atomic mass is 79.9. The van der Waals surface area contributed by atoms with Crippen LogP contribution in [0.5, 0.6) is 0 Å². The number of fused-ring (bicyclic) bond motifs is 3. The number of carbonyl (C=O) groups is 4. The molecule has 0 unspecified atom stereocenters. The van der Waals surface area contributed by atoms with Crippen LogP contribution >= 0.6 is 15.9 Å². The quantitative estimate of drug-likeness (QED) is 0.372. The number of amides is 2. The molecule has 1 aliphatic carbocycles. The van der Waals surface area contributed by atoms with Gasteiger partial charge in [0.05, 0.1) is 23.6 Å².